The van der Waals surface area contributed by atoms with E-state index in [4.69, 9.17) is 4.42 Å². The molecule has 7 aromatic carbocycles. The van der Waals surface area contributed by atoms with E-state index in [0.717, 1.165) is 44.7 Å². The fourth-order valence-electron chi connectivity index (χ4n) is 7.14. The number of rotatable bonds is 4. The second kappa shape index (κ2) is 9.98. The van der Waals surface area contributed by atoms with Gasteiger partial charge in [-0.05, 0) is 0 Å². The Morgan fingerprint density at radius 2 is 1.11 bits per heavy atom. The minimum absolute atomic E-state index is 0.253. The van der Waals surface area contributed by atoms with Gasteiger partial charge in [-0.2, -0.15) is 0 Å². The van der Waals surface area contributed by atoms with Crippen LogP contribution in [0.3, 0.4) is 0 Å². The van der Waals surface area contributed by atoms with Crippen LogP contribution >= 0.6 is 0 Å². The van der Waals surface area contributed by atoms with E-state index >= 15 is 0 Å². The zero-order chi connectivity index (χ0) is 30.2. The van der Waals surface area contributed by atoms with Crippen molar-refractivity contribution in [3.8, 4) is 5.69 Å². The summed E-state index contributed by atoms with van der Waals surface area (Å²) in [7, 11) is 0. The monoisotopic (exact) mass is 654 g/mol. The maximum absolute atomic E-state index is 6.64. The Bertz CT molecular complexity index is 2770. The molecule has 0 aliphatic heterocycles. The van der Waals surface area contributed by atoms with Crippen molar-refractivity contribution in [1.82, 2.24) is 4.57 Å². The van der Waals surface area contributed by atoms with Crippen molar-refractivity contribution in [3.05, 3.63) is 158 Å². The van der Waals surface area contributed by atoms with Gasteiger partial charge in [0.25, 0.3) is 0 Å². The number of fused-ring (bicyclic) bond motifs is 9. The maximum atomic E-state index is 6.64. The Hall–Kier alpha value is -5.54. The summed E-state index contributed by atoms with van der Waals surface area (Å²) in [4.78, 5) is 2.39. The Labute approximate surface area is 270 Å². The normalized spacial score (nSPS) is 11.9. The molecule has 4 heteroatoms. The number of anilines is 3. The van der Waals surface area contributed by atoms with Crippen LogP contribution in [0.4, 0.5) is 17.1 Å². The van der Waals surface area contributed by atoms with Gasteiger partial charge in [0.15, 0.2) is 0 Å². The van der Waals surface area contributed by atoms with Crippen molar-refractivity contribution in [2.75, 3.05) is 4.90 Å². The standard InChI is InChI=1S/C42H26N2OSe/c1-2-11-27(12-3-1)44-36-17-7-4-13-30(36)31-23-21-28(25-38(31)44)43(29-22-24-34-33-15-6-9-20-40(33)46-41(34)26-29)37-18-10-16-35-32-14-5-8-19-39(32)45-42(35)37/h1-26H. The van der Waals surface area contributed by atoms with Gasteiger partial charge in [0.05, 0.1) is 0 Å². The molecule has 0 saturated carbocycles. The summed E-state index contributed by atoms with van der Waals surface area (Å²) in [6.45, 7) is 0. The molecule has 10 rings (SSSR count). The summed E-state index contributed by atoms with van der Waals surface area (Å²) in [5, 5.41) is 7.45. The zero-order valence-electron chi connectivity index (χ0n) is 24.7. The van der Waals surface area contributed by atoms with Crippen LogP contribution in [0.1, 0.15) is 0 Å². The van der Waals surface area contributed by atoms with Gasteiger partial charge in [0.1, 0.15) is 0 Å². The molecule has 216 valence electrons. The number of hydrogen-bond acceptors (Lipinski definition) is 2. The van der Waals surface area contributed by atoms with Crippen molar-refractivity contribution in [3.63, 3.8) is 0 Å². The van der Waals surface area contributed by atoms with Crippen molar-refractivity contribution < 1.29 is 4.42 Å². The third-order valence-electron chi connectivity index (χ3n) is 9.17. The molecule has 3 heterocycles. The molecule has 0 fully saturated rings. The average molecular weight is 654 g/mol. The van der Waals surface area contributed by atoms with Crippen LogP contribution in [-0.2, 0) is 0 Å². The molecule has 3 nitrogen and oxygen atoms in total. The molecule has 0 aliphatic carbocycles. The number of hydrogen-bond donors (Lipinski definition) is 0. The molecule has 0 N–H and O–H groups in total. The molecule has 0 aliphatic rings. The summed E-state index contributed by atoms with van der Waals surface area (Å²) >= 11 is 0.253. The minimum atomic E-state index is 0.253. The predicted molar refractivity (Wildman–Crippen MR) is 195 cm³/mol. The average Bonchev–Trinajstić information content (AvgIpc) is 3.78. The summed E-state index contributed by atoms with van der Waals surface area (Å²) in [6, 6.07) is 56.9. The summed E-state index contributed by atoms with van der Waals surface area (Å²) < 4.78 is 11.9. The van der Waals surface area contributed by atoms with Crippen molar-refractivity contribution in [2.45, 2.75) is 0 Å². The Balaban J connectivity index is 1.28. The van der Waals surface area contributed by atoms with E-state index in [9.17, 15) is 0 Å². The first kappa shape index (κ1) is 25.8. The number of benzene rings is 7. The molecule has 0 spiro atoms. The molecular weight excluding hydrogens is 627 g/mol. The second-order valence-electron chi connectivity index (χ2n) is 11.8. The third kappa shape index (κ3) is 3.78. The molecule has 0 saturated heterocycles. The van der Waals surface area contributed by atoms with Gasteiger partial charge in [0.2, 0.25) is 0 Å². The van der Waals surface area contributed by atoms with Crippen LogP contribution in [0.2, 0.25) is 0 Å². The number of aromatic nitrogens is 1. The Morgan fingerprint density at radius 3 is 2.00 bits per heavy atom. The zero-order valence-corrected chi connectivity index (χ0v) is 26.4. The van der Waals surface area contributed by atoms with Gasteiger partial charge < -0.3 is 0 Å². The van der Waals surface area contributed by atoms with E-state index in [1.54, 1.807) is 0 Å². The van der Waals surface area contributed by atoms with Gasteiger partial charge in [0, 0.05) is 0 Å². The Morgan fingerprint density at radius 1 is 0.457 bits per heavy atom. The Kier molecular flexibility index (Phi) is 5.59. The molecular formula is C42H26N2OSe. The van der Waals surface area contributed by atoms with Gasteiger partial charge in [-0.1, -0.05) is 0 Å². The van der Waals surface area contributed by atoms with Gasteiger partial charge in [-0.15, -0.1) is 0 Å². The third-order valence-corrected chi connectivity index (χ3v) is 11.6. The van der Waals surface area contributed by atoms with Crippen LogP contribution in [0.15, 0.2) is 162 Å². The second-order valence-corrected chi connectivity index (χ2v) is 14.0. The van der Waals surface area contributed by atoms with E-state index in [-0.39, 0.29) is 14.5 Å². The van der Waals surface area contributed by atoms with Gasteiger partial charge in [-0.25, -0.2) is 0 Å². The molecule has 0 amide bonds. The summed E-state index contributed by atoms with van der Waals surface area (Å²) in [6.07, 6.45) is 0. The fraction of sp³-hybridized carbons (Fsp3) is 0. The van der Waals surface area contributed by atoms with E-state index in [1.807, 2.05) is 6.07 Å². The van der Waals surface area contributed by atoms with Crippen LogP contribution in [-0.4, -0.2) is 19.1 Å². The first-order chi connectivity index (χ1) is 22.8. The molecule has 10 aromatic rings. The van der Waals surface area contributed by atoms with Gasteiger partial charge >= 0.3 is 272 Å². The van der Waals surface area contributed by atoms with Crippen LogP contribution in [0, 0.1) is 0 Å². The van der Waals surface area contributed by atoms with E-state index in [0.29, 0.717) is 0 Å². The van der Waals surface area contributed by atoms with E-state index < -0.39 is 0 Å². The van der Waals surface area contributed by atoms with Crippen LogP contribution in [0.25, 0.3) is 68.7 Å². The van der Waals surface area contributed by atoms with Crippen molar-refractivity contribution in [1.29, 1.82) is 0 Å². The van der Waals surface area contributed by atoms with Crippen LogP contribution < -0.4 is 4.90 Å². The van der Waals surface area contributed by atoms with Crippen LogP contribution in [0.5, 0.6) is 0 Å². The first-order valence-corrected chi connectivity index (χ1v) is 17.2. The SMILES string of the molecule is c1ccc(-n2c3ccccc3c3ccc(N(c4ccc5c(c4)[se]c4ccccc45)c4cccc5c4oc4ccccc45)cc32)cc1. The predicted octanol–water partition coefficient (Wildman–Crippen LogP) is 11.5. The molecule has 0 unspecified atom stereocenters. The topological polar surface area (TPSA) is 21.3 Å². The number of para-hydroxylation sites is 4. The molecule has 46 heavy (non-hydrogen) atoms. The molecule has 0 radical (unpaired) electrons. The van der Waals surface area contributed by atoms with Crippen molar-refractivity contribution in [2.24, 2.45) is 0 Å². The molecule has 3 aromatic heterocycles. The molecule has 0 atom stereocenters. The van der Waals surface area contributed by atoms with E-state index in [2.05, 4.69) is 161 Å². The van der Waals surface area contributed by atoms with Gasteiger partial charge in [-0.3, -0.25) is 0 Å². The van der Waals surface area contributed by atoms with E-state index in [1.165, 1.54) is 41.1 Å². The fourth-order valence-corrected chi connectivity index (χ4v) is 9.53. The number of furan rings is 1. The summed E-state index contributed by atoms with van der Waals surface area (Å²) in [5.41, 5.74) is 8.55. The molecule has 0 bridgehead atoms. The number of nitrogens with zero attached hydrogens (tertiary/aromatic N) is 2. The summed E-state index contributed by atoms with van der Waals surface area (Å²) in [5.74, 6) is 0. The van der Waals surface area contributed by atoms with Crippen molar-refractivity contribution >= 4 is 94.6 Å². The quantitative estimate of drug-likeness (QED) is 0.176. The first-order valence-electron chi connectivity index (χ1n) is 15.5.